The number of amides is 1. The molecule has 0 aliphatic rings. The van der Waals surface area contributed by atoms with Crippen LogP contribution in [0.15, 0.2) is 18.2 Å². The highest BCUT2D eigenvalue weighted by Gasteiger charge is 2.06. The Hall–Kier alpha value is -1.43. The number of nitrogen functional groups attached to an aromatic ring is 1. The van der Waals surface area contributed by atoms with Gasteiger partial charge in [-0.15, -0.1) is 0 Å². The van der Waals surface area contributed by atoms with E-state index in [1.807, 2.05) is 0 Å². The van der Waals surface area contributed by atoms with E-state index in [4.69, 9.17) is 5.73 Å². The van der Waals surface area contributed by atoms with Gasteiger partial charge in [0.1, 0.15) is 5.82 Å². The molecule has 1 unspecified atom stereocenters. The molecule has 0 heterocycles. The summed E-state index contributed by atoms with van der Waals surface area (Å²) in [4.78, 5) is 11.4. The van der Waals surface area contributed by atoms with Crippen molar-refractivity contribution >= 4 is 28.1 Å². The third-order valence-electron chi connectivity index (χ3n) is 1.90. The van der Waals surface area contributed by atoms with Gasteiger partial charge in [0, 0.05) is 29.2 Å². The molecule has 0 bridgehead atoms. The van der Waals surface area contributed by atoms with Gasteiger partial charge < -0.3 is 11.1 Å². The van der Waals surface area contributed by atoms with Crippen molar-refractivity contribution < 1.29 is 13.4 Å². The second-order valence-electron chi connectivity index (χ2n) is 3.31. The first-order chi connectivity index (χ1) is 7.49. The lowest BCUT2D eigenvalue weighted by molar-refractivity contribution is -0.115. The van der Waals surface area contributed by atoms with E-state index in [9.17, 15) is 13.4 Å². The third kappa shape index (κ3) is 3.98. The van der Waals surface area contributed by atoms with E-state index < -0.39 is 16.6 Å². The zero-order valence-electron chi connectivity index (χ0n) is 8.83. The molecule has 0 fully saturated rings. The highest BCUT2D eigenvalue weighted by atomic mass is 32.2. The summed E-state index contributed by atoms with van der Waals surface area (Å²) in [5, 5.41) is 2.53. The van der Waals surface area contributed by atoms with Crippen LogP contribution < -0.4 is 11.1 Å². The molecule has 1 aromatic rings. The standard InChI is InChI=1S/C10H13FN2O2S/c1-16(15)5-4-10(14)13-9-3-2-7(11)6-8(9)12/h2-3,6H,4-5,12H2,1H3,(H,13,14). The van der Waals surface area contributed by atoms with Crippen LogP contribution >= 0.6 is 0 Å². The smallest absolute Gasteiger partial charge is 0.225 e. The number of anilines is 2. The second kappa shape index (κ2) is 5.60. The molecule has 1 aromatic carbocycles. The van der Waals surface area contributed by atoms with Crippen LogP contribution in [-0.2, 0) is 15.6 Å². The topological polar surface area (TPSA) is 72.2 Å². The van der Waals surface area contributed by atoms with Gasteiger partial charge in [-0.25, -0.2) is 4.39 Å². The lowest BCUT2D eigenvalue weighted by atomic mass is 10.2. The first-order valence-electron chi connectivity index (χ1n) is 4.64. The van der Waals surface area contributed by atoms with Gasteiger partial charge in [0.15, 0.2) is 0 Å². The van der Waals surface area contributed by atoms with Gasteiger partial charge in [-0.2, -0.15) is 0 Å². The summed E-state index contributed by atoms with van der Waals surface area (Å²) < 4.78 is 23.5. The molecule has 1 rings (SSSR count). The fourth-order valence-electron chi connectivity index (χ4n) is 1.10. The summed E-state index contributed by atoms with van der Waals surface area (Å²) in [5.41, 5.74) is 6.05. The number of carbonyl (C=O) groups is 1. The lowest BCUT2D eigenvalue weighted by Crippen LogP contribution is -2.15. The summed E-state index contributed by atoms with van der Waals surface area (Å²) in [6, 6.07) is 3.74. The Bertz CT molecular complexity index is 423. The van der Waals surface area contributed by atoms with Crippen LogP contribution in [0.4, 0.5) is 15.8 Å². The van der Waals surface area contributed by atoms with Gasteiger partial charge in [0.2, 0.25) is 5.91 Å². The second-order valence-corrected chi connectivity index (χ2v) is 4.86. The summed E-state index contributed by atoms with van der Waals surface area (Å²) in [7, 11) is -1.01. The predicted octanol–water partition coefficient (Wildman–Crippen LogP) is 1.11. The van der Waals surface area contributed by atoms with Crippen molar-refractivity contribution in [3.63, 3.8) is 0 Å². The summed E-state index contributed by atoms with van der Waals surface area (Å²) in [6.45, 7) is 0. The molecule has 3 N–H and O–H groups in total. The molecule has 4 nitrogen and oxygen atoms in total. The molecule has 1 atom stereocenters. The van der Waals surface area contributed by atoms with Gasteiger partial charge in [-0.1, -0.05) is 0 Å². The largest absolute Gasteiger partial charge is 0.397 e. The number of hydrogen-bond acceptors (Lipinski definition) is 3. The van der Waals surface area contributed by atoms with Crippen molar-refractivity contribution in [1.82, 2.24) is 0 Å². The van der Waals surface area contributed by atoms with E-state index in [2.05, 4.69) is 5.32 Å². The van der Waals surface area contributed by atoms with Crippen LogP contribution in [0.5, 0.6) is 0 Å². The number of nitrogens with two attached hydrogens (primary N) is 1. The lowest BCUT2D eigenvalue weighted by Gasteiger charge is -2.07. The molecule has 0 spiro atoms. The molecule has 16 heavy (non-hydrogen) atoms. The van der Waals surface area contributed by atoms with Gasteiger partial charge in [0.25, 0.3) is 0 Å². The fraction of sp³-hybridized carbons (Fsp3) is 0.300. The first-order valence-corrected chi connectivity index (χ1v) is 6.36. The van der Waals surface area contributed by atoms with Crippen molar-refractivity contribution in [1.29, 1.82) is 0 Å². The SMILES string of the molecule is CS(=O)CCC(=O)Nc1ccc(F)cc1N. The van der Waals surface area contributed by atoms with Crippen LogP contribution in [0.1, 0.15) is 6.42 Å². The first kappa shape index (κ1) is 12.6. The maximum Gasteiger partial charge on any atom is 0.225 e. The van der Waals surface area contributed by atoms with Crippen molar-refractivity contribution in [3.8, 4) is 0 Å². The Balaban J connectivity index is 2.59. The average Bonchev–Trinajstić information content (AvgIpc) is 2.19. The van der Waals surface area contributed by atoms with E-state index in [-0.39, 0.29) is 18.0 Å². The maximum absolute atomic E-state index is 12.7. The molecule has 0 radical (unpaired) electrons. The van der Waals surface area contributed by atoms with E-state index in [0.717, 1.165) is 6.07 Å². The van der Waals surface area contributed by atoms with Crippen molar-refractivity contribution in [2.24, 2.45) is 0 Å². The van der Waals surface area contributed by atoms with Crippen LogP contribution in [0.25, 0.3) is 0 Å². The highest BCUT2D eigenvalue weighted by Crippen LogP contribution is 2.19. The molecule has 0 saturated carbocycles. The minimum atomic E-state index is -1.01. The quantitative estimate of drug-likeness (QED) is 0.779. The maximum atomic E-state index is 12.7. The highest BCUT2D eigenvalue weighted by molar-refractivity contribution is 7.84. The molecule has 6 heteroatoms. The molecule has 0 aromatic heterocycles. The third-order valence-corrected chi connectivity index (χ3v) is 2.68. The van der Waals surface area contributed by atoms with Gasteiger partial charge in [-0.3, -0.25) is 9.00 Å². The Kier molecular flexibility index (Phi) is 4.42. The summed E-state index contributed by atoms with van der Waals surface area (Å²) >= 11 is 0. The predicted molar refractivity (Wildman–Crippen MR) is 63.0 cm³/mol. The van der Waals surface area contributed by atoms with Gasteiger partial charge in [-0.05, 0) is 18.2 Å². The van der Waals surface area contributed by atoms with Crippen molar-refractivity contribution in [2.75, 3.05) is 23.1 Å². The number of halogens is 1. The van der Waals surface area contributed by atoms with Crippen LogP contribution in [0, 0.1) is 5.82 Å². The van der Waals surface area contributed by atoms with Crippen LogP contribution in [-0.4, -0.2) is 22.1 Å². The normalized spacial score (nSPS) is 12.1. The summed E-state index contributed by atoms with van der Waals surface area (Å²) in [6.07, 6.45) is 1.68. The van der Waals surface area contributed by atoms with Gasteiger partial charge in [0.05, 0.1) is 11.4 Å². The Morgan fingerprint density at radius 2 is 2.25 bits per heavy atom. The molecular formula is C10H13FN2O2S. The van der Waals surface area contributed by atoms with E-state index in [1.54, 1.807) is 0 Å². The number of rotatable bonds is 4. The fourth-order valence-corrected chi connectivity index (χ4v) is 1.57. The monoisotopic (exact) mass is 244 g/mol. The molecule has 0 aliphatic carbocycles. The minimum absolute atomic E-state index is 0.153. The van der Waals surface area contributed by atoms with Crippen molar-refractivity contribution in [3.05, 3.63) is 24.0 Å². The average molecular weight is 244 g/mol. The molecule has 1 amide bonds. The molecule has 88 valence electrons. The van der Waals surface area contributed by atoms with E-state index in [1.165, 1.54) is 18.4 Å². The summed E-state index contributed by atoms with van der Waals surface area (Å²) in [5.74, 6) is -0.439. The molecule has 0 saturated heterocycles. The number of nitrogens with one attached hydrogen (secondary N) is 1. The Labute approximate surface area is 95.5 Å². The van der Waals surface area contributed by atoms with Crippen molar-refractivity contribution in [2.45, 2.75) is 6.42 Å². The van der Waals surface area contributed by atoms with Gasteiger partial charge >= 0.3 is 0 Å². The molecule has 0 aliphatic heterocycles. The van der Waals surface area contributed by atoms with Crippen LogP contribution in [0.2, 0.25) is 0 Å². The van der Waals surface area contributed by atoms with E-state index in [0.29, 0.717) is 11.4 Å². The number of hydrogen-bond donors (Lipinski definition) is 2. The number of benzene rings is 1. The minimum Gasteiger partial charge on any atom is -0.397 e. The van der Waals surface area contributed by atoms with E-state index >= 15 is 0 Å². The Morgan fingerprint density at radius 3 is 2.81 bits per heavy atom. The van der Waals surface area contributed by atoms with Crippen LogP contribution in [0.3, 0.4) is 0 Å². The Morgan fingerprint density at radius 1 is 1.56 bits per heavy atom. The zero-order valence-corrected chi connectivity index (χ0v) is 9.64. The zero-order chi connectivity index (χ0) is 12.1. The number of carbonyl (C=O) groups excluding carboxylic acids is 1. The molecular weight excluding hydrogens is 231 g/mol.